The average Bonchev–Trinajstić information content (AvgIpc) is 2.67. The summed E-state index contributed by atoms with van der Waals surface area (Å²) in [5.74, 6) is 0.910. The molecule has 0 spiro atoms. The van der Waals surface area contributed by atoms with Crippen molar-refractivity contribution in [2.45, 2.75) is 46.1 Å². The first-order chi connectivity index (χ1) is 7.07. The van der Waals surface area contributed by atoms with Gasteiger partial charge in [0.2, 0.25) is 0 Å². The number of hydrogen-bond acceptors (Lipinski definition) is 2. The highest BCUT2D eigenvalue weighted by Gasteiger charge is 2.34. The molecule has 2 heteroatoms. The summed E-state index contributed by atoms with van der Waals surface area (Å²) >= 11 is 0. The predicted molar refractivity (Wildman–Crippen MR) is 65.0 cm³/mol. The molecule has 0 aromatic carbocycles. The van der Waals surface area contributed by atoms with Crippen LogP contribution in [0, 0.1) is 11.3 Å². The first-order valence-electron chi connectivity index (χ1n) is 6.52. The highest BCUT2D eigenvalue weighted by atomic mass is 15.2. The zero-order valence-corrected chi connectivity index (χ0v) is 10.6. The summed E-state index contributed by atoms with van der Waals surface area (Å²) in [6, 6.07) is 0.874. The molecule has 0 aromatic rings. The van der Waals surface area contributed by atoms with Gasteiger partial charge in [0.05, 0.1) is 0 Å². The van der Waals surface area contributed by atoms with Crippen molar-refractivity contribution in [3.8, 4) is 0 Å². The lowest BCUT2D eigenvalue weighted by Crippen LogP contribution is -2.42. The monoisotopic (exact) mass is 210 g/mol. The lowest BCUT2D eigenvalue weighted by Gasteiger charge is -2.33. The maximum Gasteiger partial charge on any atom is 0.0119 e. The Hall–Kier alpha value is -0.0800. The molecule has 2 heterocycles. The second-order valence-corrected chi connectivity index (χ2v) is 6.33. The van der Waals surface area contributed by atoms with Crippen LogP contribution in [-0.4, -0.2) is 37.1 Å². The first kappa shape index (κ1) is 11.4. The summed E-state index contributed by atoms with van der Waals surface area (Å²) in [7, 11) is 0. The van der Waals surface area contributed by atoms with Gasteiger partial charge in [0.1, 0.15) is 0 Å². The van der Waals surface area contributed by atoms with E-state index in [4.69, 9.17) is 0 Å². The highest BCUT2D eigenvalue weighted by molar-refractivity contribution is 4.88. The van der Waals surface area contributed by atoms with E-state index in [2.05, 4.69) is 31.0 Å². The van der Waals surface area contributed by atoms with Gasteiger partial charge in [-0.3, -0.25) is 4.90 Å². The Kier molecular flexibility index (Phi) is 3.36. The van der Waals surface area contributed by atoms with Crippen LogP contribution in [-0.2, 0) is 0 Å². The van der Waals surface area contributed by atoms with Crippen LogP contribution in [0.5, 0.6) is 0 Å². The van der Waals surface area contributed by atoms with E-state index in [0.717, 1.165) is 12.0 Å². The van der Waals surface area contributed by atoms with Crippen LogP contribution in [0.15, 0.2) is 0 Å². The fraction of sp³-hybridized carbons (Fsp3) is 1.00. The molecule has 0 aliphatic carbocycles. The van der Waals surface area contributed by atoms with Gasteiger partial charge in [-0.25, -0.2) is 0 Å². The van der Waals surface area contributed by atoms with E-state index < -0.39 is 0 Å². The van der Waals surface area contributed by atoms with Crippen LogP contribution in [0.4, 0.5) is 0 Å². The van der Waals surface area contributed by atoms with Crippen molar-refractivity contribution in [1.82, 2.24) is 10.2 Å². The molecule has 2 nitrogen and oxygen atoms in total. The van der Waals surface area contributed by atoms with Gasteiger partial charge in [-0.05, 0) is 50.2 Å². The molecule has 1 atom stereocenters. The second kappa shape index (κ2) is 4.42. The van der Waals surface area contributed by atoms with E-state index in [9.17, 15) is 0 Å². The zero-order chi connectivity index (χ0) is 10.9. The average molecular weight is 210 g/mol. The highest BCUT2D eigenvalue weighted by Crippen LogP contribution is 2.35. The summed E-state index contributed by atoms with van der Waals surface area (Å²) in [6.45, 7) is 12.3. The van der Waals surface area contributed by atoms with Gasteiger partial charge in [-0.15, -0.1) is 0 Å². The summed E-state index contributed by atoms with van der Waals surface area (Å²) in [4.78, 5) is 2.75. The number of hydrogen-bond donors (Lipinski definition) is 1. The molecule has 1 N–H and O–H groups in total. The number of rotatable bonds is 1. The third-order valence-electron chi connectivity index (χ3n) is 4.27. The number of nitrogens with one attached hydrogen (secondary N) is 1. The van der Waals surface area contributed by atoms with Gasteiger partial charge >= 0.3 is 0 Å². The van der Waals surface area contributed by atoms with E-state index in [1.807, 2.05) is 0 Å². The van der Waals surface area contributed by atoms with Crippen LogP contribution in [0.1, 0.15) is 40.0 Å². The van der Waals surface area contributed by atoms with E-state index in [1.165, 1.54) is 45.4 Å². The minimum absolute atomic E-state index is 0.502. The van der Waals surface area contributed by atoms with Crippen molar-refractivity contribution >= 4 is 0 Å². The van der Waals surface area contributed by atoms with Crippen LogP contribution >= 0.6 is 0 Å². The minimum atomic E-state index is 0.502. The summed E-state index contributed by atoms with van der Waals surface area (Å²) in [6.07, 6.45) is 4.13. The second-order valence-electron chi connectivity index (χ2n) is 6.33. The van der Waals surface area contributed by atoms with Crippen molar-refractivity contribution in [3.05, 3.63) is 0 Å². The molecule has 15 heavy (non-hydrogen) atoms. The molecule has 2 fully saturated rings. The van der Waals surface area contributed by atoms with Crippen molar-refractivity contribution in [1.29, 1.82) is 0 Å². The van der Waals surface area contributed by atoms with Gasteiger partial charge in [0.15, 0.2) is 0 Å². The maximum absolute atomic E-state index is 3.45. The Balaban J connectivity index is 1.86. The zero-order valence-electron chi connectivity index (χ0n) is 10.6. The fourth-order valence-electron chi connectivity index (χ4n) is 3.00. The quantitative estimate of drug-likeness (QED) is 0.713. The molecule has 2 saturated heterocycles. The van der Waals surface area contributed by atoms with Crippen LogP contribution in [0.3, 0.4) is 0 Å². The van der Waals surface area contributed by atoms with Gasteiger partial charge in [-0.2, -0.15) is 0 Å². The molecule has 2 rings (SSSR count). The van der Waals surface area contributed by atoms with Crippen molar-refractivity contribution in [2.75, 3.05) is 26.2 Å². The minimum Gasteiger partial charge on any atom is -0.317 e. The Labute approximate surface area is 94.4 Å². The van der Waals surface area contributed by atoms with E-state index >= 15 is 0 Å². The van der Waals surface area contributed by atoms with Crippen molar-refractivity contribution in [3.63, 3.8) is 0 Å². The Morgan fingerprint density at radius 3 is 2.27 bits per heavy atom. The van der Waals surface area contributed by atoms with E-state index in [1.54, 1.807) is 0 Å². The molecular formula is C13H26N2. The van der Waals surface area contributed by atoms with Crippen LogP contribution < -0.4 is 5.32 Å². The lowest BCUT2D eigenvalue weighted by atomic mass is 9.80. The van der Waals surface area contributed by atoms with Crippen molar-refractivity contribution in [2.24, 2.45) is 11.3 Å². The fourth-order valence-corrected chi connectivity index (χ4v) is 3.00. The molecule has 0 amide bonds. The molecule has 0 saturated carbocycles. The number of likely N-dealkylation sites (tertiary alicyclic amines) is 1. The van der Waals surface area contributed by atoms with Crippen molar-refractivity contribution < 1.29 is 0 Å². The smallest absolute Gasteiger partial charge is 0.0119 e. The Morgan fingerprint density at radius 1 is 1.07 bits per heavy atom. The molecule has 0 bridgehead atoms. The van der Waals surface area contributed by atoms with Gasteiger partial charge in [0.25, 0.3) is 0 Å². The normalized spacial score (nSPS) is 31.0. The van der Waals surface area contributed by atoms with Crippen LogP contribution in [0.2, 0.25) is 0 Å². The van der Waals surface area contributed by atoms with E-state index in [0.29, 0.717) is 5.41 Å². The lowest BCUT2D eigenvalue weighted by molar-refractivity contribution is 0.169. The Bertz CT molecular complexity index is 201. The standard InChI is InChI=1S/C13H26N2/c1-13(2,3)11-6-9-15(10-11)12-4-7-14-8-5-12/h11-12,14H,4-10H2,1-3H3. The summed E-state index contributed by atoms with van der Waals surface area (Å²) in [5, 5.41) is 3.45. The molecule has 2 aliphatic heterocycles. The summed E-state index contributed by atoms with van der Waals surface area (Å²) < 4.78 is 0. The topological polar surface area (TPSA) is 15.3 Å². The third-order valence-corrected chi connectivity index (χ3v) is 4.27. The maximum atomic E-state index is 3.45. The predicted octanol–water partition coefficient (Wildman–Crippen LogP) is 2.11. The summed E-state index contributed by atoms with van der Waals surface area (Å²) in [5.41, 5.74) is 0.502. The molecule has 2 aliphatic rings. The molecule has 0 aromatic heterocycles. The van der Waals surface area contributed by atoms with Gasteiger partial charge in [0, 0.05) is 12.6 Å². The Morgan fingerprint density at radius 2 is 1.73 bits per heavy atom. The van der Waals surface area contributed by atoms with Gasteiger partial charge < -0.3 is 5.32 Å². The third kappa shape index (κ3) is 2.73. The van der Waals surface area contributed by atoms with E-state index in [-0.39, 0.29) is 0 Å². The largest absolute Gasteiger partial charge is 0.317 e. The number of piperidine rings is 1. The SMILES string of the molecule is CC(C)(C)C1CCN(C2CCNCC2)C1. The molecule has 88 valence electrons. The number of nitrogens with zero attached hydrogens (tertiary/aromatic N) is 1. The van der Waals surface area contributed by atoms with Gasteiger partial charge in [-0.1, -0.05) is 20.8 Å². The molecule has 0 radical (unpaired) electrons. The molecular weight excluding hydrogens is 184 g/mol. The first-order valence-corrected chi connectivity index (χ1v) is 6.52. The van der Waals surface area contributed by atoms with Crippen LogP contribution in [0.25, 0.3) is 0 Å². The molecule has 1 unspecified atom stereocenters.